The number of hydrogen-bond donors (Lipinski definition) is 2. The van der Waals surface area contributed by atoms with Gasteiger partial charge >= 0.3 is 0 Å². The lowest BCUT2D eigenvalue weighted by Crippen LogP contribution is -2.32. The standard InChI is InChI=1S/C17H15N5O/c1-9-12-16(22-21-9)23-15-13(14(18)19-8-20-15)17(12)7-6-10-4-2-3-5-11(10)17/h2-5,8H,6-7H2,1H3,(H,21,22)(H2,18,19,20). The highest BCUT2D eigenvalue weighted by molar-refractivity contribution is 5.69. The first-order chi connectivity index (χ1) is 11.2. The number of aromatic amines is 1. The molecule has 1 unspecified atom stereocenters. The molecule has 114 valence electrons. The van der Waals surface area contributed by atoms with Gasteiger partial charge in [-0.15, -0.1) is 5.10 Å². The number of aromatic nitrogens is 4. The van der Waals surface area contributed by atoms with Crippen LogP contribution in [0.3, 0.4) is 0 Å². The molecule has 0 radical (unpaired) electrons. The smallest absolute Gasteiger partial charge is 0.244 e. The minimum atomic E-state index is -0.387. The molecule has 23 heavy (non-hydrogen) atoms. The van der Waals surface area contributed by atoms with Crippen molar-refractivity contribution < 1.29 is 4.74 Å². The molecule has 1 aromatic carbocycles. The molecule has 2 aliphatic rings. The van der Waals surface area contributed by atoms with Gasteiger partial charge in [0, 0.05) is 5.69 Å². The molecule has 1 atom stereocenters. The van der Waals surface area contributed by atoms with Crippen LogP contribution in [0.2, 0.25) is 0 Å². The number of rotatable bonds is 0. The van der Waals surface area contributed by atoms with Crippen LogP contribution in [0, 0.1) is 6.92 Å². The van der Waals surface area contributed by atoms with Crippen molar-refractivity contribution in [1.82, 2.24) is 20.2 Å². The maximum absolute atomic E-state index is 6.27. The van der Waals surface area contributed by atoms with Crippen molar-refractivity contribution in [1.29, 1.82) is 0 Å². The van der Waals surface area contributed by atoms with E-state index in [4.69, 9.17) is 10.5 Å². The zero-order valence-electron chi connectivity index (χ0n) is 12.6. The molecule has 3 N–H and O–H groups in total. The van der Waals surface area contributed by atoms with Crippen molar-refractivity contribution in [3.8, 4) is 11.8 Å². The maximum atomic E-state index is 6.27. The second-order valence-electron chi connectivity index (χ2n) is 6.13. The van der Waals surface area contributed by atoms with Gasteiger partial charge < -0.3 is 10.5 Å². The van der Waals surface area contributed by atoms with Gasteiger partial charge in [-0.2, -0.15) is 0 Å². The minimum absolute atomic E-state index is 0.387. The van der Waals surface area contributed by atoms with Crippen molar-refractivity contribution in [2.75, 3.05) is 5.73 Å². The molecule has 1 aliphatic carbocycles. The number of nitrogens with one attached hydrogen (secondary N) is 1. The summed E-state index contributed by atoms with van der Waals surface area (Å²) in [6, 6.07) is 8.48. The van der Waals surface area contributed by atoms with Crippen LogP contribution in [0.15, 0.2) is 30.6 Å². The number of nitrogens with zero attached hydrogens (tertiary/aromatic N) is 3. The van der Waals surface area contributed by atoms with Gasteiger partial charge in [0.05, 0.1) is 16.5 Å². The highest BCUT2D eigenvalue weighted by Gasteiger charge is 2.51. The van der Waals surface area contributed by atoms with E-state index >= 15 is 0 Å². The molecule has 0 bridgehead atoms. The van der Waals surface area contributed by atoms with E-state index in [2.05, 4.69) is 44.4 Å². The summed E-state index contributed by atoms with van der Waals surface area (Å²) in [7, 11) is 0. The van der Waals surface area contributed by atoms with Crippen molar-refractivity contribution in [3.63, 3.8) is 0 Å². The van der Waals surface area contributed by atoms with Gasteiger partial charge in [0.1, 0.15) is 12.1 Å². The summed E-state index contributed by atoms with van der Waals surface area (Å²) in [5.41, 5.74) is 11.4. The van der Waals surface area contributed by atoms with E-state index in [1.54, 1.807) is 0 Å². The highest BCUT2D eigenvalue weighted by Crippen LogP contribution is 2.58. The van der Waals surface area contributed by atoms with E-state index in [9.17, 15) is 0 Å². The predicted molar refractivity (Wildman–Crippen MR) is 84.5 cm³/mol. The van der Waals surface area contributed by atoms with Crippen molar-refractivity contribution in [3.05, 3.63) is 58.5 Å². The minimum Gasteiger partial charge on any atom is -0.418 e. The zero-order valence-corrected chi connectivity index (χ0v) is 12.6. The molecule has 3 aromatic rings. The van der Waals surface area contributed by atoms with E-state index in [-0.39, 0.29) is 5.41 Å². The lowest BCUT2D eigenvalue weighted by Gasteiger charge is -2.36. The first kappa shape index (κ1) is 12.6. The van der Waals surface area contributed by atoms with Crippen LogP contribution in [0.1, 0.15) is 34.4 Å². The Labute approximate surface area is 132 Å². The second kappa shape index (κ2) is 4.10. The van der Waals surface area contributed by atoms with Crippen LogP contribution in [0.4, 0.5) is 5.82 Å². The fourth-order valence-corrected chi connectivity index (χ4v) is 4.19. The normalized spacial score (nSPS) is 20.7. The summed E-state index contributed by atoms with van der Waals surface area (Å²) in [4.78, 5) is 8.54. The number of ether oxygens (including phenoxy) is 1. The molecule has 3 heterocycles. The van der Waals surface area contributed by atoms with E-state index in [1.807, 2.05) is 6.92 Å². The summed E-state index contributed by atoms with van der Waals surface area (Å²) in [5.74, 6) is 1.57. The average Bonchev–Trinajstić information content (AvgIpc) is 3.11. The Hall–Kier alpha value is -2.89. The molecule has 0 amide bonds. The average molecular weight is 305 g/mol. The van der Waals surface area contributed by atoms with Crippen LogP contribution < -0.4 is 10.5 Å². The van der Waals surface area contributed by atoms with Gasteiger partial charge in [0.15, 0.2) is 0 Å². The van der Waals surface area contributed by atoms with Gasteiger partial charge in [0.25, 0.3) is 0 Å². The van der Waals surface area contributed by atoms with Gasteiger partial charge in [0.2, 0.25) is 11.8 Å². The van der Waals surface area contributed by atoms with Gasteiger partial charge in [-0.25, -0.2) is 9.97 Å². The summed E-state index contributed by atoms with van der Waals surface area (Å²) in [5, 5.41) is 7.38. The second-order valence-corrected chi connectivity index (χ2v) is 6.13. The maximum Gasteiger partial charge on any atom is 0.244 e. The quantitative estimate of drug-likeness (QED) is 0.666. The lowest BCUT2D eigenvalue weighted by molar-refractivity contribution is 0.387. The number of benzene rings is 1. The molecule has 0 fully saturated rings. The van der Waals surface area contributed by atoms with E-state index < -0.39 is 0 Å². The molecule has 1 aliphatic heterocycles. The van der Waals surface area contributed by atoms with Gasteiger partial charge in [-0.3, -0.25) is 5.10 Å². The number of aryl methyl sites for hydroxylation is 2. The van der Waals surface area contributed by atoms with Crippen molar-refractivity contribution >= 4 is 5.82 Å². The molecular weight excluding hydrogens is 290 g/mol. The SMILES string of the molecule is Cc1[nH]nc2c1C1(CCc3ccccc31)c1c(N)ncnc1O2. The van der Waals surface area contributed by atoms with Gasteiger partial charge in [-0.1, -0.05) is 24.3 Å². The summed E-state index contributed by atoms with van der Waals surface area (Å²) < 4.78 is 5.91. The Morgan fingerprint density at radius 1 is 1.17 bits per heavy atom. The highest BCUT2D eigenvalue weighted by atomic mass is 16.5. The number of nitrogens with two attached hydrogens (primary N) is 1. The summed E-state index contributed by atoms with van der Waals surface area (Å²) in [6.07, 6.45) is 3.33. The first-order valence-corrected chi connectivity index (χ1v) is 7.64. The molecule has 1 spiro atoms. The Morgan fingerprint density at radius 2 is 2.04 bits per heavy atom. The van der Waals surface area contributed by atoms with Crippen molar-refractivity contribution in [2.24, 2.45) is 0 Å². The fourth-order valence-electron chi connectivity index (χ4n) is 4.19. The molecule has 2 aromatic heterocycles. The van der Waals surface area contributed by atoms with Crippen LogP contribution in [0.25, 0.3) is 0 Å². The topological polar surface area (TPSA) is 89.7 Å². The fraction of sp³-hybridized carbons (Fsp3) is 0.235. The summed E-state index contributed by atoms with van der Waals surface area (Å²) in [6.45, 7) is 2.02. The van der Waals surface area contributed by atoms with Crippen LogP contribution in [0.5, 0.6) is 11.8 Å². The van der Waals surface area contributed by atoms with E-state index in [0.717, 1.165) is 29.7 Å². The first-order valence-electron chi connectivity index (χ1n) is 7.64. The number of H-pyrrole nitrogens is 1. The Balaban J connectivity index is 1.94. The number of nitrogen functional groups attached to an aromatic ring is 1. The molecule has 0 saturated carbocycles. The third-order valence-electron chi connectivity index (χ3n) is 5.05. The van der Waals surface area contributed by atoms with Gasteiger partial charge in [-0.05, 0) is 30.9 Å². The molecule has 6 heteroatoms. The zero-order chi connectivity index (χ0) is 15.6. The number of anilines is 1. The van der Waals surface area contributed by atoms with Crippen LogP contribution in [-0.2, 0) is 11.8 Å². The molecule has 0 saturated heterocycles. The van der Waals surface area contributed by atoms with Crippen molar-refractivity contribution in [2.45, 2.75) is 25.2 Å². The lowest BCUT2D eigenvalue weighted by atomic mass is 9.69. The van der Waals surface area contributed by atoms with Crippen LogP contribution in [-0.4, -0.2) is 20.2 Å². The largest absolute Gasteiger partial charge is 0.418 e. The Morgan fingerprint density at radius 3 is 2.96 bits per heavy atom. The van der Waals surface area contributed by atoms with E-state index in [0.29, 0.717) is 17.6 Å². The number of fused-ring (bicyclic) bond motifs is 6. The summed E-state index contributed by atoms with van der Waals surface area (Å²) >= 11 is 0. The molecule has 6 nitrogen and oxygen atoms in total. The van der Waals surface area contributed by atoms with Crippen LogP contribution >= 0.6 is 0 Å². The number of hydrogen-bond acceptors (Lipinski definition) is 5. The molecular formula is C17H15N5O. The monoisotopic (exact) mass is 305 g/mol. The molecule has 5 rings (SSSR count). The Bertz CT molecular complexity index is 948. The third-order valence-corrected chi connectivity index (χ3v) is 5.05. The van der Waals surface area contributed by atoms with E-state index in [1.165, 1.54) is 17.5 Å². The Kier molecular flexibility index (Phi) is 2.25. The predicted octanol–water partition coefficient (Wildman–Crippen LogP) is 2.48. The third kappa shape index (κ3) is 1.40.